The molecule has 0 aliphatic heterocycles. The minimum Gasteiger partial charge on any atom is -0.480 e. The first-order valence-corrected chi connectivity index (χ1v) is 6.54. The van der Waals surface area contributed by atoms with Crippen LogP contribution in [0, 0.1) is 5.92 Å². The van der Waals surface area contributed by atoms with E-state index in [-0.39, 0.29) is 12.6 Å². The van der Waals surface area contributed by atoms with E-state index in [2.05, 4.69) is 10.1 Å². The quantitative estimate of drug-likeness (QED) is 0.701. The Morgan fingerprint density at radius 2 is 2.37 bits per heavy atom. The normalized spacial score (nSPS) is 22.9. The molecule has 1 aromatic rings. The molecule has 2 rings (SSSR count). The molecule has 1 saturated carbocycles. The SMILES string of the molecule is CB(O)N(CC(=O)O)[C@@H]1CC[C@H](Cn2cncn2)C1. The standard InChI is InChI=1S/C11H19BN4O3/c1-12(19)16(6-11(17)18)10-3-2-9(4-10)5-15-8-13-7-14-15/h7-10,19H,2-6H2,1H3,(H,17,18)/t9-,10+/m0/s1. The summed E-state index contributed by atoms with van der Waals surface area (Å²) in [4.78, 5) is 16.4. The van der Waals surface area contributed by atoms with Crippen LogP contribution in [0.3, 0.4) is 0 Å². The van der Waals surface area contributed by atoms with Crippen molar-refractivity contribution in [3.63, 3.8) is 0 Å². The third-order valence-corrected chi connectivity index (χ3v) is 3.69. The topological polar surface area (TPSA) is 91.5 Å². The molecule has 104 valence electrons. The van der Waals surface area contributed by atoms with Gasteiger partial charge >= 0.3 is 13.0 Å². The molecule has 1 heterocycles. The summed E-state index contributed by atoms with van der Waals surface area (Å²) in [5, 5.41) is 22.7. The van der Waals surface area contributed by atoms with Crippen molar-refractivity contribution in [1.29, 1.82) is 0 Å². The third kappa shape index (κ3) is 3.78. The maximum atomic E-state index is 10.8. The van der Waals surface area contributed by atoms with Crippen molar-refractivity contribution in [3.05, 3.63) is 12.7 Å². The highest BCUT2D eigenvalue weighted by atomic mass is 16.4. The molecule has 1 aliphatic carbocycles. The smallest absolute Gasteiger partial charge is 0.377 e. The van der Waals surface area contributed by atoms with Gasteiger partial charge in [-0.05, 0) is 32.0 Å². The molecular formula is C11H19BN4O3. The van der Waals surface area contributed by atoms with Gasteiger partial charge in [-0.25, -0.2) is 4.98 Å². The van der Waals surface area contributed by atoms with E-state index in [1.54, 1.807) is 22.6 Å². The lowest BCUT2D eigenvalue weighted by molar-refractivity contribution is -0.137. The van der Waals surface area contributed by atoms with E-state index >= 15 is 0 Å². The van der Waals surface area contributed by atoms with E-state index < -0.39 is 13.0 Å². The van der Waals surface area contributed by atoms with Gasteiger partial charge in [-0.15, -0.1) is 0 Å². The zero-order chi connectivity index (χ0) is 13.8. The zero-order valence-corrected chi connectivity index (χ0v) is 11.0. The number of aliphatic carboxylic acids is 1. The van der Waals surface area contributed by atoms with Crippen LogP contribution in [-0.4, -0.2) is 55.3 Å². The molecule has 2 atom stereocenters. The molecule has 1 aromatic heterocycles. The average Bonchev–Trinajstić information content (AvgIpc) is 2.97. The van der Waals surface area contributed by atoms with Gasteiger partial charge in [0.25, 0.3) is 0 Å². The van der Waals surface area contributed by atoms with Crippen LogP contribution in [0.15, 0.2) is 12.7 Å². The number of carboxylic acid groups (broad SMARTS) is 1. The fraction of sp³-hybridized carbons (Fsp3) is 0.727. The Labute approximate surface area is 112 Å². The lowest BCUT2D eigenvalue weighted by Crippen LogP contribution is -2.46. The van der Waals surface area contributed by atoms with Gasteiger partial charge in [0.1, 0.15) is 12.7 Å². The van der Waals surface area contributed by atoms with Crippen molar-refractivity contribution in [2.75, 3.05) is 6.54 Å². The Morgan fingerprint density at radius 1 is 1.58 bits per heavy atom. The van der Waals surface area contributed by atoms with Crippen molar-refractivity contribution in [3.8, 4) is 0 Å². The van der Waals surface area contributed by atoms with Gasteiger partial charge in [-0.2, -0.15) is 5.10 Å². The van der Waals surface area contributed by atoms with E-state index in [9.17, 15) is 9.82 Å². The largest absolute Gasteiger partial charge is 0.480 e. The molecule has 0 spiro atoms. The zero-order valence-electron chi connectivity index (χ0n) is 11.0. The molecular weight excluding hydrogens is 247 g/mol. The van der Waals surface area contributed by atoms with E-state index in [0.29, 0.717) is 5.92 Å². The van der Waals surface area contributed by atoms with Crippen molar-refractivity contribution in [2.24, 2.45) is 5.92 Å². The molecule has 8 heteroatoms. The second kappa shape index (κ2) is 6.16. The second-order valence-corrected chi connectivity index (χ2v) is 5.15. The van der Waals surface area contributed by atoms with Gasteiger partial charge in [0, 0.05) is 12.6 Å². The number of carboxylic acids is 1. The van der Waals surface area contributed by atoms with Gasteiger partial charge in [0.05, 0.1) is 6.54 Å². The van der Waals surface area contributed by atoms with E-state index in [4.69, 9.17) is 5.11 Å². The molecule has 0 aromatic carbocycles. The van der Waals surface area contributed by atoms with Crippen molar-refractivity contribution in [2.45, 2.75) is 38.7 Å². The summed E-state index contributed by atoms with van der Waals surface area (Å²) in [6, 6.07) is 0.129. The second-order valence-electron chi connectivity index (χ2n) is 5.15. The molecule has 0 radical (unpaired) electrons. The lowest BCUT2D eigenvalue weighted by atomic mass is 9.82. The molecule has 0 unspecified atom stereocenters. The highest BCUT2D eigenvalue weighted by Gasteiger charge is 2.33. The summed E-state index contributed by atoms with van der Waals surface area (Å²) >= 11 is 0. The van der Waals surface area contributed by atoms with Crippen LogP contribution in [0.25, 0.3) is 0 Å². The van der Waals surface area contributed by atoms with Crippen molar-refractivity contribution >= 4 is 13.0 Å². The van der Waals surface area contributed by atoms with Gasteiger partial charge < -0.3 is 14.9 Å². The number of hydrogen-bond acceptors (Lipinski definition) is 5. The summed E-state index contributed by atoms with van der Waals surface area (Å²) in [6.45, 7) is 2.31. The summed E-state index contributed by atoms with van der Waals surface area (Å²) in [7, 11) is -0.730. The van der Waals surface area contributed by atoms with Gasteiger partial charge in [0.15, 0.2) is 0 Å². The summed E-state index contributed by atoms with van der Waals surface area (Å²) in [6.07, 6.45) is 6.03. The molecule has 1 aliphatic rings. The minimum atomic E-state index is -0.902. The van der Waals surface area contributed by atoms with Crippen LogP contribution in [0.2, 0.25) is 6.82 Å². The summed E-state index contributed by atoms with van der Waals surface area (Å²) < 4.78 is 1.80. The van der Waals surface area contributed by atoms with Crippen LogP contribution in [0.4, 0.5) is 0 Å². The van der Waals surface area contributed by atoms with Crippen LogP contribution >= 0.6 is 0 Å². The number of hydrogen-bond donors (Lipinski definition) is 2. The van der Waals surface area contributed by atoms with Crippen LogP contribution in [0.5, 0.6) is 0 Å². The summed E-state index contributed by atoms with van der Waals surface area (Å²) in [5.74, 6) is -0.442. The van der Waals surface area contributed by atoms with Crippen LogP contribution in [-0.2, 0) is 11.3 Å². The van der Waals surface area contributed by atoms with Crippen molar-refractivity contribution in [1.82, 2.24) is 19.6 Å². The maximum absolute atomic E-state index is 10.8. The van der Waals surface area contributed by atoms with Gasteiger partial charge in [-0.3, -0.25) is 9.48 Å². The van der Waals surface area contributed by atoms with Gasteiger partial charge in [-0.1, -0.05) is 0 Å². The van der Waals surface area contributed by atoms with E-state index in [1.165, 1.54) is 6.33 Å². The third-order valence-electron chi connectivity index (χ3n) is 3.69. The number of rotatable bonds is 6. The predicted octanol–water partition coefficient (Wildman–Crippen LogP) is -0.0563. The van der Waals surface area contributed by atoms with E-state index in [0.717, 1.165) is 25.8 Å². The molecule has 7 nitrogen and oxygen atoms in total. The Morgan fingerprint density at radius 3 is 2.95 bits per heavy atom. The minimum absolute atomic E-state index is 0.113. The fourth-order valence-electron chi connectivity index (χ4n) is 2.83. The molecule has 0 amide bonds. The Bertz CT molecular complexity index is 412. The average molecular weight is 266 g/mol. The van der Waals surface area contributed by atoms with Crippen molar-refractivity contribution < 1.29 is 14.9 Å². The molecule has 19 heavy (non-hydrogen) atoms. The predicted molar refractivity (Wildman–Crippen MR) is 69.3 cm³/mol. The molecule has 1 fully saturated rings. The number of nitrogens with zero attached hydrogens (tertiary/aromatic N) is 4. The maximum Gasteiger partial charge on any atom is 0.377 e. The summed E-state index contributed by atoms with van der Waals surface area (Å²) in [5.41, 5.74) is 0. The first-order valence-electron chi connectivity index (χ1n) is 6.54. The highest BCUT2D eigenvalue weighted by Crippen LogP contribution is 2.30. The highest BCUT2D eigenvalue weighted by molar-refractivity contribution is 6.45. The first-order chi connectivity index (χ1) is 9.06. The molecule has 0 saturated heterocycles. The molecule has 2 N–H and O–H groups in total. The van der Waals surface area contributed by atoms with E-state index in [1.807, 2.05) is 0 Å². The van der Waals surface area contributed by atoms with Crippen LogP contribution in [0.1, 0.15) is 19.3 Å². The lowest BCUT2D eigenvalue weighted by Gasteiger charge is -2.28. The fourth-order valence-corrected chi connectivity index (χ4v) is 2.83. The Hall–Kier alpha value is -1.41. The monoisotopic (exact) mass is 266 g/mol. The van der Waals surface area contributed by atoms with Gasteiger partial charge in [0.2, 0.25) is 0 Å². The molecule has 0 bridgehead atoms. The van der Waals surface area contributed by atoms with Crippen LogP contribution < -0.4 is 0 Å². The number of aromatic nitrogens is 3. The first kappa shape index (κ1) is 14.0. The Balaban J connectivity index is 1.90. The Kier molecular flexibility index (Phi) is 4.54. The number of carbonyl (C=O) groups is 1.